The molecule has 1 aromatic heterocycles. The molecule has 1 amide bonds. The fourth-order valence-electron chi connectivity index (χ4n) is 6.05. The normalized spacial score (nSPS) is 20.2. The molecule has 0 unspecified atom stereocenters. The maximum absolute atomic E-state index is 14.4. The Morgan fingerprint density at radius 2 is 1.93 bits per heavy atom. The van der Waals surface area contributed by atoms with Crippen LogP contribution in [0.1, 0.15) is 29.7 Å². The molecule has 0 aliphatic carbocycles. The Kier molecular flexibility index (Phi) is 11.8. The van der Waals surface area contributed by atoms with E-state index in [0.29, 0.717) is 44.2 Å². The lowest BCUT2D eigenvalue weighted by Crippen LogP contribution is -2.56. The second-order valence-electron chi connectivity index (χ2n) is 10.8. The van der Waals surface area contributed by atoms with Crippen molar-refractivity contribution in [3.8, 4) is 6.01 Å². The van der Waals surface area contributed by atoms with Gasteiger partial charge in [-0.1, -0.05) is 12.6 Å². The molecule has 1 aromatic carbocycles. The summed E-state index contributed by atoms with van der Waals surface area (Å²) in [6, 6.07) is 3.29. The van der Waals surface area contributed by atoms with Crippen LogP contribution >= 0.6 is 27.0 Å². The Morgan fingerprint density at radius 1 is 1.16 bits per heavy atom. The number of amides is 1. The minimum Gasteiger partial charge on any atom is -0.462 e. The standard InChI is InChI=1S/C29H33F4N7O2.2H2S/c1-4-25(41)40-14-13-39(16-20(40)15-34-2)27-21-10-12-38(24-9-5-8-22(30)26(24)29(31,32)33)17-23(21)35-28(36-27)42-18-19-7-6-11-37(19)3;;/h4-5,8-9,19-20H,1,6-7,10-18H2,3H3;2*1H2/t19-,20-;;/m0../s1. The molecule has 44 heavy (non-hydrogen) atoms. The molecule has 2 fully saturated rings. The molecule has 0 bridgehead atoms. The topological polar surface area (TPSA) is 69.4 Å². The number of likely N-dealkylation sites (N-methyl/N-ethyl adjacent to an activating group) is 1. The summed E-state index contributed by atoms with van der Waals surface area (Å²) in [7, 11) is 2.02. The SMILES string of the molecule is S.S.[C-]#[N+]C[C@H]1CN(c2nc(OC[C@@H]3CCCN3C)nc3c2CCN(c2cccc(F)c2C(F)(F)F)C3)CCN1C(=O)C=C. The van der Waals surface area contributed by atoms with Crippen LogP contribution < -0.4 is 14.5 Å². The Bertz CT molecular complexity index is 1390. The first-order valence-electron chi connectivity index (χ1n) is 13.9. The second-order valence-corrected chi connectivity index (χ2v) is 10.8. The molecule has 3 aliphatic rings. The monoisotopic (exact) mass is 655 g/mol. The number of likely N-dealkylation sites (tertiary alicyclic amines) is 1. The lowest BCUT2D eigenvalue weighted by molar-refractivity contribution is -0.139. The number of aromatic nitrogens is 2. The molecule has 0 saturated carbocycles. The summed E-state index contributed by atoms with van der Waals surface area (Å²) < 4.78 is 62.0. The van der Waals surface area contributed by atoms with Crippen molar-refractivity contribution in [3.05, 3.63) is 64.9 Å². The fraction of sp³-hybridized carbons (Fsp3) is 0.517. The van der Waals surface area contributed by atoms with Crippen molar-refractivity contribution in [2.45, 2.75) is 44.1 Å². The summed E-state index contributed by atoms with van der Waals surface area (Å²) in [5.74, 6) is -0.981. The third-order valence-corrected chi connectivity index (χ3v) is 8.26. The van der Waals surface area contributed by atoms with Gasteiger partial charge in [-0.2, -0.15) is 50.1 Å². The minimum atomic E-state index is -4.86. The van der Waals surface area contributed by atoms with E-state index in [-0.39, 0.29) is 76.3 Å². The van der Waals surface area contributed by atoms with Gasteiger partial charge in [-0.25, -0.2) is 11.0 Å². The Morgan fingerprint density at radius 3 is 2.59 bits per heavy atom. The van der Waals surface area contributed by atoms with Crippen molar-refractivity contribution >= 4 is 44.4 Å². The highest BCUT2D eigenvalue weighted by Gasteiger charge is 2.40. The molecule has 240 valence electrons. The van der Waals surface area contributed by atoms with Crippen molar-refractivity contribution in [1.29, 1.82) is 0 Å². The quantitative estimate of drug-likeness (QED) is 0.254. The molecule has 2 saturated heterocycles. The zero-order valence-electron chi connectivity index (χ0n) is 24.4. The van der Waals surface area contributed by atoms with Gasteiger partial charge in [0.05, 0.1) is 17.9 Å². The first kappa shape index (κ1) is 35.3. The number of piperazine rings is 1. The lowest BCUT2D eigenvalue weighted by atomic mass is 10.0. The third kappa shape index (κ3) is 7.35. The number of anilines is 2. The minimum absolute atomic E-state index is 0. The first-order chi connectivity index (χ1) is 20.1. The van der Waals surface area contributed by atoms with Crippen LogP contribution in [0.2, 0.25) is 0 Å². The summed E-state index contributed by atoms with van der Waals surface area (Å²) in [6.07, 6.45) is -1.27. The number of rotatable bonds is 7. The van der Waals surface area contributed by atoms with E-state index in [2.05, 4.69) is 21.3 Å². The van der Waals surface area contributed by atoms with Crippen molar-refractivity contribution in [2.75, 3.05) is 62.7 Å². The van der Waals surface area contributed by atoms with Crippen LogP contribution in [0.4, 0.5) is 29.1 Å². The molecular formula is C29H37F4N7O2S2. The number of halogens is 4. The zero-order valence-corrected chi connectivity index (χ0v) is 26.4. The Balaban J connectivity index is 0.00000264. The Hall–Kier alpha value is -3.22. The van der Waals surface area contributed by atoms with Crippen molar-refractivity contribution < 1.29 is 27.1 Å². The van der Waals surface area contributed by atoms with Crippen molar-refractivity contribution in [1.82, 2.24) is 19.8 Å². The number of alkyl halides is 3. The van der Waals surface area contributed by atoms with Crippen molar-refractivity contribution in [3.63, 3.8) is 0 Å². The van der Waals surface area contributed by atoms with Gasteiger partial charge in [-0.15, -0.1) is 0 Å². The van der Waals surface area contributed by atoms with E-state index in [9.17, 15) is 22.4 Å². The number of fused-ring (bicyclic) bond motifs is 1. The smallest absolute Gasteiger partial charge is 0.421 e. The van der Waals surface area contributed by atoms with Gasteiger partial charge in [-0.05, 0) is 51.1 Å². The number of ether oxygens (including phenoxy) is 1. The van der Waals surface area contributed by atoms with Gasteiger partial charge in [0, 0.05) is 37.8 Å². The molecule has 3 aliphatic heterocycles. The molecule has 0 N–H and O–H groups in total. The molecule has 2 aromatic rings. The maximum Gasteiger partial charge on any atom is 0.421 e. The van der Waals surface area contributed by atoms with Crippen LogP contribution in [0.15, 0.2) is 30.9 Å². The molecule has 15 heteroatoms. The van der Waals surface area contributed by atoms with Gasteiger partial charge >= 0.3 is 12.2 Å². The highest BCUT2D eigenvalue weighted by atomic mass is 32.1. The number of carbonyl (C=O) groups excluding carboxylic acids is 1. The van der Waals surface area contributed by atoms with Crippen LogP contribution in [-0.2, 0) is 23.9 Å². The Labute approximate surface area is 268 Å². The van der Waals surface area contributed by atoms with Crippen LogP contribution in [0.25, 0.3) is 4.85 Å². The average Bonchev–Trinajstić information content (AvgIpc) is 3.38. The maximum atomic E-state index is 14.4. The molecule has 0 spiro atoms. The van der Waals surface area contributed by atoms with Crippen LogP contribution in [0.3, 0.4) is 0 Å². The van der Waals surface area contributed by atoms with E-state index >= 15 is 0 Å². The van der Waals surface area contributed by atoms with Crippen molar-refractivity contribution in [2.24, 2.45) is 0 Å². The first-order valence-corrected chi connectivity index (χ1v) is 13.9. The molecule has 2 atom stereocenters. The van der Waals surface area contributed by atoms with Gasteiger partial charge in [0.25, 0.3) is 0 Å². The number of hydrogen-bond acceptors (Lipinski definition) is 7. The number of carbonyl (C=O) groups is 1. The fourth-order valence-corrected chi connectivity index (χ4v) is 6.05. The average molecular weight is 656 g/mol. The van der Waals surface area contributed by atoms with Gasteiger partial charge in [0.2, 0.25) is 12.5 Å². The van der Waals surface area contributed by atoms with Gasteiger partial charge in [0.1, 0.15) is 29.8 Å². The summed E-state index contributed by atoms with van der Waals surface area (Å²) in [5, 5.41) is 0. The van der Waals surface area contributed by atoms with E-state index < -0.39 is 17.6 Å². The van der Waals surface area contributed by atoms with E-state index in [1.54, 1.807) is 4.90 Å². The third-order valence-electron chi connectivity index (χ3n) is 8.26. The number of benzene rings is 1. The molecule has 4 heterocycles. The number of nitrogens with zero attached hydrogens (tertiary/aromatic N) is 7. The van der Waals surface area contributed by atoms with Gasteiger partial charge in [0.15, 0.2) is 0 Å². The van der Waals surface area contributed by atoms with E-state index in [0.717, 1.165) is 31.0 Å². The molecule has 0 radical (unpaired) electrons. The summed E-state index contributed by atoms with van der Waals surface area (Å²) >= 11 is 0. The summed E-state index contributed by atoms with van der Waals surface area (Å²) in [4.78, 5) is 32.7. The van der Waals surface area contributed by atoms with E-state index in [1.807, 2.05) is 11.9 Å². The lowest BCUT2D eigenvalue weighted by Gasteiger charge is -2.41. The predicted molar refractivity (Wildman–Crippen MR) is 169 cm³/mol. The molecular weight excluding hydrogens is 618 g/mol. The highest BCUT2D eigenvalue weighted by molar-refractivity contribution is 7.59. The predicted octanol–water partition coefficient (Wildman–Crippen LogP) is 4.02. The second kappa shape index (κ2) is 14.7. The van der Waals surface area contributed by atoms with Gasteiger partial charge < -0.3 is 29.2 Å². The molecule has 5 rings (SSSR count). The molecule has 9 nitrogen and oxygen atoms in total. The van der Waals surface area contributed by atoms with Crippen LogP contribution in [-0.4, -0.2) is 90.7 Å². The highest BCUT2D eigenvalue weighted by Crippen LogP contribution is 2.40. The summed E-state index contributed by atoms with van der Waals surface area (Å²) in [6.45, 7) is 13.8. The largest absolute Gasteiger partial charge is 0.462 e. The number of hydrogen-bond donors (Lipinski definition) is 0. The van der Waals surface area contributed by atoms with Gasteiger partial charge in [-0.3, -0.25) is 4.79 Å². The summed E-state index contributed by atoms with van der Waals surface area (Å²) in [5.41, 5.74) is -0.262. The zero-order chi connectivity index (χ0) is 30.0. The van der Waals surface area contributed by atoms with Crippen LogP contribution in [0, 0.1) is 12.4 Å². The van der Waals surface area contributed by atoms with E-state index in [1.165, 1.54) is 23.1 Å². The van der Waals surface area contributed by atoms with Crippen LogP contribution in [0.5, 0.6) is 6.01 Å². The van der Waals surface area contributed by atoms with E-state index in [4.69, 9.17) is 16.3 Å².